The van der Waals surface area contributed by atoms with Crippen LogP contribution in [0.5, 0.6) is 0 Å². The first-order valence-electron chi connectivity index (χ1n) is 4.80. The van der Waals surface area contributed by atoms with Crippen molar-refractivity contribution in [1.82, 2.24) is 4.98 Å². The molecule has 2 aromatic heterocycles. The molecule has 2 rings (SSSR count). The number of anilines is 2. The molecule has 2 aromatic rings. The van der Waals surface area contributed by atoms with Crippen LogP contribution in [0.4, 0.5) is 11.5 Å². The summed E-state index contributed by atoms with van der Waals surface area (Å²) in [6, 6.07) is 4.83. The van der Waals surface area contributed by atoms with Gasteiger partial charge in [0, 0.05) is 18.6 Å². The zero-order valence-corrected chi connectivity index (χ0v) is 10.7. The van der Waals surface area contributed by atoms with E-state index in [1.165, 1.54) is 23.6 Å². The van der Waals surface area contributed by atoms with Crippen molar-refractivity contribution < 1.29 is 8.42 Å². The molecule has 17 heavy (non-hydrogen) atoms. The molecule has 7 heteroatoms. The molecule has 2 heterocycles. The van der Waals surface area contributed by atoms with Crippen LogP contribution < -0.4 is 10.0 Å². The Bertz CT molecular complexity index is 577. The topological polar surface area (TPSA) is 71.1 Å². The molecular weight excluding hydrogens is 258 g/mol. The third-order valence-corrected chi connectivity index (χ3v) is 4.13. The van der Waals surface area contributed by atoms with Gasteiger partial charge in [0.2, 0.25) is 0 Å². The number of aromatic nitrogens is 1. The lowest BCUT2D eigenvalue weighted by Gasteiger charge is -2.06. The van der Waals surface area contributed by atoms with Crippen LogP contribution in [0.15, 0.2) is 40.1 Å². The summed E-state index contributed by atoms with van der Waals surface area (Å²) in [6.45, 7) is 0. The summed E-state index contributed by atoms with van der Waals surface area (Å²) in [5, 5.41) is 6.36. The molecule has 0 spiro atoms. The number of hydrogen-bond donors (Lipinski definition) is 2. The first kappa shape index (κ1) is 11.9. The molecule has 0 aromatic carbocycles. The lowest BCUT2D eigenvalue weighted by molar-refractivity contribution is 0.601. The molecule has 0 aliphatic rings. The van der Waals surface area contributed by atoms with Gasteiger partial charge in [0.25, 0.3) is 10.0 Å². The van der Waals surface area contributed by atoms with Crippen molar-refractivity contribution in [2.45, 2.75) is 4.90 Å². The van der Waals surface area contributed by atoms with E-state index >= 15 is 0 Å². The maximum Gasteiger partial charge on any atom is 0.263 e. The number of nitrogens with one attached hydrogen (secondary N) is 2. The van der Waals surface area contributed by atoms with Crippen molar-refractivity contribution >= 4 is 32.9 Å². The monoisotopic (exact) mass is 269 g/mol. The van der Waals surface area contributed by atoms with E-state index in [0.717, 1.165) is 0 Å². The zero-order chi connectivity index (χ0) is 12.3. The first-order valence-corrected chi connectivity index (χ1v) is 7.23. The molecule has 90 valence electrons. The quantitative estimate of drug-likeness (QED) is 0.890. The van der Waals surface area contributed by atoms with Gasteiger partial charge >= 0.3 is 0 Å². The summed E-state index contributed by atoms with van der Waals surface area (Å²) in [4.78, 5) is 4.11. The largest absolute Gasteiger partial charge is 0.373 e. The van der Waals surface area contributed by atoms with Gasteiger partial charge in [0.15, 0.2) is 0 Å². The fourth-order valence-corrected chi connectivity index (χ4v) is 2.88. The molecule has 5 nitrogen and oxygen atoms in total. The minimum atomic E-state index is -3.54. The minimum absolute atomic E-state index is 0.141. The van der Waals surface area contributed by atoms with E-state index in [-0.39, 0.29) is 4.90 Å². The highest BCUT2D eigenvalue weighted by Gasteiger charge is 2.14. The molecule has 0 saturated heterocycles. The van der Waals surface area contributed by atoms with E-state index in [1.807, 2.05) is 0 Å². The molecule has 0 aliphatic heterocycles. The second-order valence-electron chi connectivity index (χ2n) is 3.25. The number of sulfonamides is 1. The van der Waals surface area contributed by atoms with Gasteiger partial charge < -0.3 is 5.32 Å². The van der Waals surface area contributed by atoms with Crippen molar-refractivity contribution in [3.8, 4) is 0 Å². The Balaban J connectivity index is 2.25. The molecule has 0 fully saturated rings. The van der Waals surface area contributed by atoms with Gasteiger partial charge in [0.1, 0.15) is 10.7 Å². The second-order valence-corrected chi connectivity index (χ2v) is 5.71. The Kier molecular flexibility index (Phi) is 3.30. The standard InChI is InChI=1S/C10H11N3O2S2/c1-11-10-3-2-9(6-12-10)17(14,15)13-8-4-5-16-7-8/h2-7,13H,1H3,(H,11,12). The molecule has 0 bridgehead atoms. The minimum Gasteiger partial charge on any atom is -0.373 e. The molecule has 0 atom stereocenters. The molecule has 0 saturated carbocycles. The normalized spacial score (nSPS) is 11.1. The predicted molar refractivity (Wildman–Crippen MR) is 68.9 cm³/mol. The first-order chi connectivity index (χ1) is 8.12. The average Bonchev–Trinajstić information content (AvgIpc) is 2.81. The number of pyridine rings is 1. The summed E-state index contributed by atoms with van der Waals surface area (Å²) >= 11 is 1.43. The van der Waals surface area contributed by atoms with E-state index in [4.69, 9.17) is 0 Å². The molecule has 0 unspecified atom stereocenters. The SMILES string of the molecule is CNc1ccc(S(=O)(=O)Nc2ccsc2)cn1. The van der Waals surface area contributed by atoms with Crippen LogP contribution in [-0.4, -0.2) is 20.4 Å². The Morgan fingerprint density at radius 2 is 2.12 bits per heavy atom. The van der Waals surface area contributed by atoms with E-state index in [9.17, 15) is 8.42 Å². The van der Waals surface area contributed by atoms with Crippen molar-refractivity contribution in [2.75, 3.05) is 17.1 Å². The highest BCUT2D eigenvalue weighted by atomic mass is 32.2. The summed E-state index contributed by atoms with van der Waals surface area (Å²) in [6.07, 6.45) is 1.32. The molecule has 0 aliphatic carbocycles. The van der Waals surface area contributed by atoms with Crippen molar-refractivity contribution in [2.24, 2.45) is 0 Å². The van der Waals surface area contributed by atoms with Gasteiger partial charge in [-0.1, -0.05) is 0 Å². The molecular formula is C10H11N3O2S2. The van der Waals surface area contributed by atoms with E-state index in [2.05, 4.69) is 15.0 Å². The lowest BCUT2D eigenvalue weighted by atomic mass is 10.5. The van der Waals surface area contributed by atoms with Gasteiger partial charge in [-0.25, -0.2) is 13.4 Å². The number of nitrogens with zero attached hydrogens (tertiary/aromatic N) is 1. The number of rotatable bonds is 4. The summed E-state index contributed by atoms with van der Waals surface area (Å²) in [5.74, 6) is 0.625. The Morgan fingerprint density at radius 3 is 2.65 bits per heavy atom. The van der Waals surface area contributed by atoms with Crippen LogP contribution in [0.25, 0.3) is 0 Å². The fraction of sp³-hybridized carbons (Fsp3) is 0.100. The van der Waals surface area contributed by atoms with Gasteiger partial charge in [-0.2, -0.15) is 11.3 Å². The highest BCUT2D eigenvalue weighted by Crippen LogP contribution is 2.18. The summed E-state index contributed by atoms with van der Waals surface area (Å²) in [7, 11) is -1.82. The Labute approximate surface area is 104 Å². The van der Waals surface area contributed by atoms with Gasteiger partial charge in [-0.15, -0.1) is 0 Å². The van der Waals surface area contributed by atoms with Crippen LogP contribution in [0, 0.1) is 0 Å². The maximum absolute atomic E-state index is 11.9. The summed E-state index contributed by atoms with van der Waals surface area (Å²) in [5.41, 5.74) is 0.563. The third kappa shape index (κ3) is 2.75. The van der Waals surface area contributed by atoms with Crippen molar-refractivity contribution in [3.63, 3.8) is 0 Å². The lowest BCUT2D eigenvalue weighted by Crippen LogP contribution is -2.12. The molecule has 0 radical (unpaired) electrons. The average molecular weight is 269 g/mol. The number of thiophene rings is 1. The van der Waals surface area contributed by atoms with Crippen LogP contribution >= 0.6 is 11.3 Å². The highest BCUT2D eigenvalue weighted by molar-refractivity contribution is 7.92. The van der Waals surface area contributed by atoms with Crippen LogP contribution in [-0.2, 0) is 10.0 Å². The van der Waals surface area contributed by atoms with Gasteiger partial charge in [-0.05, 0) is 23.6 Å². The van der Waals surface area contributed by atoms with Crippen molar-refractivity contribution in [3.05, 3.63) is 35.2 Å². The van der Waals surface area contributed by atoms with E-state index in [0.29, 0.717) is 11.5 Å². The molecule has 2 N–H and O–H groups in total. The zero-order valence-electron chi connectivity index (χ0n) is 9.04. The summed E-state index contributed by atoms with van der Waals surface area (Å²) < 4.78 is 26.3. The van der Waals surface area contributed by atoms with Crippen LogP contribution in [0.2, 0.25) is 0 Å². The van der Waals surface area contributed by atoms with Crippen LogP contribution in [0.3, 0.4) is 0 Å². The van der Waals surface area contributed by atoms with Crippen LogP contribution in [0.1, 0.15) is 0 Å². The molecule has 0 amide bonds. The predicted octanol–water partition coefficient (Wildman–Crippen LogP) is 1.99. The maximum atomic E-state index is 11.9. The number of hydrogen-bond acceptors (Lipinski definition) is 5. The van der Waals surface area contributed by atoms with Crippen molar-refractivity contribution in [1.29, 1.82) is 0 Å². The third-order valence-electron chi connectivity index (χ3n) is 2.08. The van der Waals surface area contributed by atoms with Gasteiger partial charge in [-0.3, -0.25) is 4.72 Å². The second kappa shape index (κ2) is 4.72. The van der Waals surface area contributed by atoms with E-state index < -0.39 is 10.0 Å². The smallest absolute Gasteiger partial charge is 0.263 e. The van der Waals surface area contributed by atoms with Gasteiger partial charge in [0.05, 0.1) is 5.69 Å². The fourth-order valence-electron chi connectivity index (χ4n) is 1.22. The Morgan fingerprint density at radius 1 is 1.29 bits per heavy atom. The van der Waals surface area contributed by atoms with E-state index in [1.54, 1.807) is 29.9 Å². The Hall–Kier alpha value is -1.60.